The van der Waals surface area contributed by atoms with Crippen molar-refractivity contribution in [3.05, 3.63) is 47.7 Å². The van der Waals surface area contributed by atoms with Crippen LogP contribution in [0.4, 0.5) is 0 Å². The lowest BCUT2D eigenvalue weighted by Crippen LogP contribution is -2.28. The quantitative estimate of drug-likeness (QED) is 0.805. The van der Waals surface area contributed by atoms with E-state index in [1.165, 1.54) is 30.4 Å². The second kappa shape index (κ2) is 5.32. The average Bonchev–Trinajstić information content (AvgIpc) is 2.28. The van der Waals surface area contributed by atoms with E-state index >= 15 is 0 Å². The summed E-state index contributed by atoms with van der Waals surface area (Å²) in [6.45, 7) is 3.98. The summed E-state index contributed by atoms with van der Waals surface area (Å²) in [6, 6.07) is 8.68. The Morgan fingerprint density at radius 2 is 2.24 bits per heavy atom. The summed E-state index contributed by atoms with van der Waals surface area (Å²) >= 11 is 4.82. The molecule has 0 saturated carbocycles. The predicted octanol–water partition coefficient (Wildman–Crippen LogP) is 2.84. The SMILES string of the molecule is C=C(CC1CCCc2ccccc21)NC(N)=S. The fourth-order valence-corrected chi connectivity index (χ4v) is 2.73. The molecular weight excluding hydrogens is 228 g/mol. The molecule has 1 aromatic rings. The molecular formula is C14H18N2S. The minimum absolute atomic E-state index is 0.305. The second-order valence-electron chi connectivity index (χ2n) is 4.58. The van der Waals surface area contributed by atoms with Crippen molar-refractivity contribution in [3.8, 4) is 0 Å². The van der Waals surface area contributed by atoms with Crippen molar-refractivity contribution in [2.45, 2.75) is 31.6 Å². The van der Waals surface area contributed by atoms with E-state index in [9.17, 15) is 0 Å². The highest BCUT2D eigenvalue weighted by molar-refractivity contribution is 7.80. The zero-order valence-electron chi connectivity index (χ0n) is 9.91. The van der Waals surface area contributed by atoms with Crippen molar-refractivity contribution in [1.29, 1.82) is 0 Å². The van der Waals surface area contributed by atoms with Crippen LogP contribution in [-0.2, 0) is 6.42 Å². The summed E-state index contributed by atoms with van der Waals surface area (Å²) < 4.78 is 0. The number of nitrogens with two attached hydrogens (primary N) is 1. The Bertz CT molecular complexity index is 440. The van der Waals surface area contributed by atoms with Crippen LogP contribution in [0.1, 0.15) is 36.3 Å². The maximum atomic E-state index is 5.45. The van der Waals surface area contributed by atoms with Gasteiger partial charge in [0.25, 0.3) is 0 Å². The normalized spacial score (nSPS) is 18.2. The van der Waals surface area contributed by atoms with Crippen LogP contribution in [0.2, 0.25) is 0 Å². The molecule has 3 N–H and O–H groups in total. The van der Waals surface area contributed by atoms with Crippen LogP contribution in [0.5, 0.6) is 0 Å². The Morgan fingerprint density at radius 3 is 3.00 bits per heavy atom. The fourth-order valence-electron chi connectivity index (χ4n) is 2.59. The number of hydrogen-bond donors (Lipinski definition) is 2. The highest BCUT2D eigenvalue weighted by Crippen LogP contribution is 2.34. The zero-order valence-corrected chi connectivity index (χ0v) is 10.7. The van der Waals surface area contributed by atoms with E-state index in [1.807, 2.05) is 0 Å². The summed E-state index contributed by atoms with van der Waals surface area (Å²) in [4.78, 5) is 0. The van der Waals surface area contributed by atoms with E-state index in [0.717, 1.165) is 12.1 Å². The highest BCUT2D eigenvalue weighted by atomic mass is 32.1. The smallest absolute Gasteiger partial charge is 0.167 e. The lowest BCUT2D eigenvalue weighted by Gasteiger charge is -2.26. The van der Waals surface area contributed by atoms with Crippen molar-refractivity contribution in [2.24, 2.45) is 5.73 Å². The van der Waals surface area contributed by atoms with E-state index in [0.29, 0.717) is 11.0 Å². The molecule has 0 radical (unpaired) electrons. The van der Waals surface area contributed by atoms with Gasteiger partial charge in [0.1, 0.15) is 0 Å². The molecule has 1 aliphatic carbocycles. The third-order valence-corrected chi connectivity index (χ3v) is 3.39. The number of allylic oxidation sites excluding steroid dienone is 1. The molecule has 2 nitrogen and oxygen atoms in total. The molecule has 90 valence electrons. The van der Waals surface area contributed by atoms with Gasteiger partial charge < -0.3 is 11.1 Å². The van der Waals surface area contributed by atoms with Gasteiger partial charge in [0.15, 0.2) is 5.11 Å². The molecule has 0 bridgehead atoms. The average molecular weight is 246 g/mol. The van der Waals surface area contributed by atoms with Crippen LogP contribution < -0.4 is 11.1 Å². The van der Waals surface area contributed by atoms with Gasteiger partial charge >= 0.3 is 0 Å². The minimum atomic E-state index is 0.305. The van der Waals surface area contributed by atoms with E-state index in [1.54, 1.807) is 0 Å². The molecule has 0 saturated heterocycles. The zero-order chi connectivity index (χ0) is 12.3. The first kappa shape index (κ1) is 12.1. The third-order valence-electron chi connectivity index (χ3n) is 3.29. The molecule has 0 spiro atoms. The molecule has 1 aromatic carbocycles. The molecule has 1 atom stereocenters. The van der Waals surface area contributed by atoms with Gasteiger partial charge in [-0.3, -0.25) is 0 Å². The summed E-state index contributed by atoms with van der Waals surface area (Å²) in [5, 5.41) is 3.24. The Labute approximate surface area is 108 Å². The van der Waals surface area contributed by atoms with E-state index in [4.69, 9.17) is 18.0 Å². The monoisotopic (exact) mass is 246 g/mol. The third kappa shape index (κ3) is 3.07. The van der Waals surface area contributed by atoms with Crippen LogP contribution in [0.15, 0.2) is 36.5 Å². The molecule has 0 amide bonds. The molecule has 2 rings (SSSR count). The van der Waals surface area contributed by atoms with Crippen LogP contribution in [-0.4, -0.2) is 5.11 Å². The van der Waals surface area contributed by atoms with Gasteiger partial charge in [-0.25, -0.2) is 0 Å². The van der Waals surface area contributed by atoms with Gasteiger partial charge in [-0.15, -0.1) is 0 Å². The van der Waals surface area contributed by atoms with Crippen molar-refractivity contribution < 1.29 is 0 Å². The Morgan fingerprint density at radius 1 is 1.47 bits per heavy atom. The van der Waals surface area contributed by atoms with E-state index < -0.39 is 0 Å². The first-order valence-corrected chi connectivity index (χ1v) is 6.39. The summed E-state index contributed by atoms with van der Waals surface area (Å²) in [6.07, 6.45) is 4.58. The molecule has 17 heavy (non-hydrogen) atoms. The molecule has 0 aromatic heterocycles. The number of thiocarbonyl (C=S) groups is 1. The molecule has 0 aliphatic heterocycles. The number of rotatable bonds is 3. The molecule has 1 aliphatic rings. The predicted molar refractivity (Wildman–Crippen MR) is 75.8 cm³/mol. The Kier molecular flexibility index (Phi) is 3.79. The largest absolute Gasteiger partial charge is 0.376 e. The summed E-state index contributed by atoms with van der Waals surface area (Å²) in [5.74, 6) is 0.550. The number of nitrogens with one attached hydrogen (secondary N) is 1. The fraction of sp³-hybridized carbons (Fsp3) is 0.357. The van der Waals surface area contributed by atoms with Gasteiger partial charge in [-0.1, -0.05) is 30.8 Å². The number of hydrogen-bond acceptors (Lipinski definition) is 1. The van der Waals surface area contributed by atoms with Crippen molar-refractivity contribution in [1.82, 2.24) is 5.32 Å². The van der Waals surface area contributed by atoms with Gasteiger partial charge in [-0.2, -0.15) is 0 Å². The maximum absolute atomic E-state index is 5.45. The van der Waals surface area contributed by atoms with Crippen LogP contribution in [0, 0.1) is 0 Å². The van der Waals surface area contributed by atoms with Crippen LogP contribution in [0.25, 0.3) is 0 Å². The maximum Gasteiger partial charge on any atom is 0.167 e. The standard InChI is InChI=1S/C14H18N2S/c1-10(16-14(15)17)9-12-7-4-6-11-5-2-3-8-13(11)12/h2-3,5,8,12H,1,4,6-7,9H2,(H3,15,16,17). The molecule has 3 heteroatoms. The number of aryl methyl sites for hydroxylation is 1. The van der Waals surface area contributed by atoms with Crippen LogP contribution >= 0.6 is 12.2 Å². The van der Waals surface area contributed by atoms with Crippen molar-refractivity contribution >= 4 is 17.3 Å². The summed E-state index contributed by atoms with van der Waals surface area (Å²) in [7, 11) is 0. The summed E-state index contributed by atoms with van der Waals surface area (Å²) in [5.41, 5.74) is 9.31. The molecule has 0 fully saturated rings. The Balaban J connectivity index is 2.08. The van der Waals surface area contributed by atoms with Gasteiger partial charge in [0.2, 0.25) is 0 Å². The van der Waals surface area contributed by atoms with E-state index in [2.05, 4.69) is 36.2 Å². The molecule has 1 unspecified atom stereocenters. The first-order chi connectivity index (χ1) is 8.16. The number of fused-ring (bicyclic) bond motifs is 1. The van der Waals surface area contributed by atoms with Crippen molar-refractivity contribution in [3.63, 3.8) is 0 Å². The molecule has 0 heterocycles. The lowest BCUT2D eigenvalue weighted by molar-refractivity contribution is 0.543. The van der Waals surface area contributed by atoms with Gasteiger partial charge in [0, 0.05) is 5.70 Å². The van der Waals surface area contributed by atoms with Gasteiger partial charge in [-0.05, 0) is 54.9 Å². The Hall–Kier alpha value is -1.35. The second-order valence-corrected chi connectivity index (χ2v) is 5.02. The topological polar surface area (TPSA) is 38.0 Å². The minimum Gasteiger partial charge on any atom is -0.376 e. The number of benzene rings is 1. The first-order valence-electron chi connectivity index (χ1n) is 5.99. The van der Waals surface area contributed by atoms with Crippen LogP contribution in [0.3, 0.4) is 0 Å². The van der Waals surface area contributed by atoms with Crippen molar-refractivity contribution in [2.75, 3.05) is 0 Å². The lowest BCUT2D eigenvalue weighted by atomic mass is 9.80. The van der Waals surface area contributed by atoms with Gasteiger partial charge in [0.05, 0.1) is 0 Å². The highest BCUT2D eigenvalue weighted by Gasteiger charge is 2.20. The van der Waals surface area contributed by atoms with E-state index in [-0.39, 0.29) is 0 Å².